The lowest BCUT2D eigenvalue weighted by Crippen LogP contribution is -2.11. The van der Waals surface area contributed by atoms with E-state index in [1.807, 2.05) is 26.8 Å². The van der Waals surface area contributed by atoms with Gasteiger partial charge >= 0.3 is 0 Å². The van der Waals surface area contributed by atoms with Crippen LogP contribution in [0, 0.1) is 18.3 Å². The third kappa shape index (κ3) is 3.39. The van der Waals surface area contributed by atoms with Crippen molar-refractivity contribution in [3.8, 4) is 11.9 Å². The highest BCUT2D eigenvalue weighted by molar-refractivity contribution is 5.73. The van der Waals surface area contributed by atoms with E-state index in [0.29, 0.717) is 22.9 Å². The number of nitrogens with zero attached hydrogens (tertiary/aromatic N) is 3. The Labute approximate surface area is 123 Å². The van der Waals surface area contributed by atoms with Gasteiger partial charge in [-0.25, -0.2) is 4.98 Å². The van der Waals surface area contributed by atoms with Crippen molar-refractivity contribution in [1.82, 2.24) is 9.97 Å². The summed E-state index contributed by atoms with van der Waals surface area (Å²) in [5, 5.41) is 12.1. The number of rotatable bonds is 4. The molecule has 1 heterocycles. The van der Waals surface area contributed by atoms with Crippen LogP contribution in [0.4, 0.5) is 17.2 Å². The molecule has 1 aromatic carbocycles. The molecule has 0 unspecified atom stereocenters. The van der Waals surface area contributed by atoms with E-state index in [0.717, 1.165) is 11.3 Å². The second-order valence-corrected chi connectivity index (χ2v) is 4.87. The first-order chi connectivity index (χ1) is 10.0. The van der Waals surface area contributed by atoms with Crippen LogP contribution in [0.15, 0.2) is 24.5 Å². The fraction of sp³-hybridized carbons (Fsp3) is 0.267. The van der Waals surface area contributed by atoms with Gasteiger partial charge in [-0.15, -0.1) is 0 Å². The zero-order chi connectivity index (χ0) is 15.4. The maximum atomic E-state index is 8.97. The van der Waals surface area contributed by atoms with E-state index in [2.05, 4.69) is 21.4 Å². The molecule has 2 rings (SSSR count). The van der Waals surface area contributed by atoms with Gasteiger partial charge in [0, 0.05) is 5.69 Å². The van der Waals surface area contributed by atoms with Crippen molar-refractivity contribution in [3.63, 3.8) is 0 Å². The van der Waals surface area contributed by atoms with Gasteiger partial charge in [-0.1, -0.05) is 6.07 Å². The number of ether oxygens (including phenoxy) is 1. The van der Waals surface area contributed by atoms with Crippen LogP contribution in [0.5, 0.6) is 5.88 Å². The van der Waals surface area contributed by atoms with Crippen LogP contribution in [0.3, 0.4) is 0 Å². The summed E-state index contributed by atoms with van der Waals surface area (Å²) in [6, 6.07) is 7.48. The number of hydrogen-bond donors (Lipinski definition) is 2. The minimum absolute atomic E-state index is 0.0290. The first-order valence-electron chi connectivity index (χ1n) is 6.56. The molecule has 3 N–H and O–H groups in total. The predicted octanol–water partition coefficient (Wildman–Crippen LogP) is 2.77. The number of nitrogens with two attached hydrogens (primary N) is 1. The van der Waals surface area contributed by atoms with E-state index < -0.39 is 0 Å². The monoisotopic (exact) mass is 283 g/mol. The Hall–Kier alpha value is -2.81. The molecule has 0 amide bonds. The molecule has 0 saturated heterocycles. The van der Waals surface area contributed by atoms with E-state index in [9.17, 15) is 0 Å². The summed E-state index contributed by atoms with van der Waals surface area (Å²) in [5.41, 5.74) is 8.69. The van der Waals surface area contributed by atoms with E-state index in [1.54, 1.807) is 12.1 Å². The molecule has 21 heavy (non-hydrogen) atoms. The van der Waals surface area contributed by atoms with Crippen molar-refractivity contribution in [2.45, 2.75) is 26.9 Å². The predicted molar refractivity (Wildman–Crippen MR) is 81.4 cm³/mol. The number of aryl methyl sites for hydroxylation is 1. The van der Waals surface area contributed by atoms with Crippen molar-refractivity contribution >= 4 is 17.2 Å². The number of nitrogen functional groups attached to an aromatic ring is 1. The van der Waals surface area contributed by atoms with Crippen molar-refractivity contribution in [1.29, 1.82) is 5.26 Å². The third-order valence-corrected chi connectivity index (χ3v) is 2.81. The molecule has 0 spiro atoms. The van der Waals surface area contributed by atoms with Crippen molar-refractivity contribution in [3.05, 3.63) is 35.7 Å². The Morgan fingerprint density at radius 1 is 1.33 bits per heavy atom. The highest BCUT2D eigenvalue weighted by Crippen LogP contribution is 2.29. The molecule has 2 aromatic rings. The van der Waals surface area contributed by atoms with Gasteiger partial charge in [-0.3, -0.25) is 0 Å². The number of nitrogens with one attached hydrogen (secondary N) is 1. The average molecular weight is 283 g/mol. The Bertz CT molecular complexity index is 691. The summed E-state index contributed by atoms with van der Waals surface area (Å²) in [5.74, 6) is 0.801. The largest absolute Gasteiger partial charge is 0.473 e. The van der Waals surface area contributed by atoms with E-state index >= 15 is 0 Å². The molecule has 1 aromatic heterocycles. The number of benzene rings is 1. The summed E-state index contributed by atoms with van der Waals surface area (Å²) >= 11 is 0. The van der Waals surface area contributed by atoms with E-state index in [1.165, 1.54) is 6.33 Å². The van der Waals surface area contributed by atoms with Crippen molar-refractivity contribution < 1.29 is 4.74 Å². The molecule has 0 fully saturated rings. The standard InChI is InChI=1S/C15H17N5O/c1-9(2)21-15-13(17)14(18-8-19-15)20-12-6-11(7-16)5-4-10(12)3/h4-6,8-9H,17H2,1-3H3,(H,18,19,20). The third-order valence-electron chi connectivity index (χ3n) is 2.81. The van der Waals surface area contributed by atoms with Gasteiger partial charge in [0.2, 0.25) is 5.88 Å². The normalized spacial score (nSPS) is 10.2. The number of aromatic nitrogens is 2. The Balaban J connectivity index is 2.34. The van der Waals surface area contributed by atoms with Gasteiger partial charge < -0.3 is 15.8 Å². The van der Waals surface area contributed by atoms with Crippen LogP contribution >= 0.6 is 0 Å². The van der Waals surface area contributed by atoms with Gasteiger partial charge in [0.05, 0.1) is 17.7 Å². The van der Waals surface area contributed by atoms with E-state index in [4.69, 9.17) is 15.7 Å². The molecule has 108 valence electrons. The van der Waals surface area contributed by atoms with Gasteiger partial charge in [-0.05, 0) is 38.5 Å². The molecule has 0 aliphatic heterocycles. The highest BCUT2D eigenvalue weighted by Gasteiger charge is 2.12. The van der Waals surface area contributed by atoms with Crippen LogP contribution in [-0.4, -0.2) is 16.1 Å². The Morgan fingerprint density at radius 3 is 2.76 bits per heavy atom. The summed E-state index contributed by atoms with van der Waals surface area (Å²) in [6.45, 7) is 5.73. The second-order valence-electron chi connectivity index (χ2n) is 4.87. The molecular weight excluding hydrogens is 266 g/mol. The zero-order valence-electron chi connectivity index (χ0n) is 12.2. The highest BCUT2D eigenvalue weighted by atomic mass is 16.5. The fourth-order valence-electron chi connectivity index (χ4n) is 1.75. The van der Waals surface area contributed by atoms with Crippen LogP contribution in [0.2, 0.25) is 0 Å². The molecule has 0 saturated carbocycles. The minimum atomic E-state index is -0.0290. The van der Waals surface area contributed by atoms with Crippen LogP contribution in [-0.2, 0) is 0 Å². The summed E-state index contributed by atoms with van der Waals surface area (Å²) in [7, 11) is 0. The van der Waals surface area contributed by atoms with Gasteiger partial charge in [0.25, 0.3) is 0 Å². The lowest BCUT2D eigenvalue weighted by Gasteiger charge is -2.14. The maximum absolute atomic E-state index is 8.97. The van der Waals surface area contributed by atoms with Crippen LogP contribution in [0.1, 0.15) is 25.0 Å². The smallest absolute Gasteiger partial charge is 0.242 e. The zero-order valence-corrected chi connectivity index (χ0v) is 12.2. The number of hydrogen-bond acceptors (Lipinski definition) is 6. The fourth-order valence-corrected chi connectivity index (χ4v) is 1.75. The minimum Gasteiger partial charge on any atom is -0.473 e. The van der Waals surface area contributed by atoms with E-state index in [-0.39, 0.29) is 6.10 Å². The van der Waals surface area contributed by atoms with Gasteiger partial charge in [0.15, 0.2) is 5.82 Å². The first-order valence-corrected chi connectivity index (χ1v) is 6.56. The van der Waals surface area contributed by atoms with Gasteiger partial charge in [0.1, 0.15) is 12.0 Å². The average Bonchev–Trinajstić information content (AvgIpc) is 2.45. The van der Waals surface area contributed by atoms with Gasteiger partial charge in [-0.2, -0.15) is 10.2 Å². The second kappa shape index (κ2) is 6.09. The summed E-state index contributed by atoms with van der Waals surface area (Å²) < 4.78 is 5.53. The van der Waals surface area contributed by atoms with Crippen LogP contribution < -0.4 is 15.8 Å². The lowest BCUT2D eigenvalue weighted by molar-refractivity contribution is 0.234. The Morgan fingerprint density at radius 2 is 2.10 bits per heavy atom. The van der Waals surface area contributed by atoms with Crippen molar-refractivity contribution in [2.24, 2.45) is 0 Å². The topological polar surface area (TPSA) is 96.8 Å². The molecule has 0 atom stereocenters. The summed E-state index contributed by atoms with van der Waals surface area (Å²) in [4.78, 5) is 8.15. The molecule has 0 radical (unpaired) electrons. The maximum Gasteiger partial charge on any atom is 0.242 e. The SMILES string of the molecule is Cc1ccc(C#N)cc1Nc1ncnc(OC(C)C)c1N. The number of anilines is 3. The van der Waals surface area contributed by atoms with Crippen LogP contribution in [0.25, 0.3) is 0 Å². The molecular formula is C15H17N5O. The Kier molecular flexibility index (Phi) is 4.24. The molecule has 0 aliphatic carbocycles. The number of nitriles is 1. The first kappa shape index (κ1) is 14.6. The molecule has 6 nitrogen and oxygen atoms in total. The quantitative estimate of drug-likeness (QED) is 0.895. The summed E-state index contributed by atoms with van der Waals surface area (Å²) in [6.07, 6.45) is 1.36. The molecule has 0 aliphatic rings. The van der Waals surface area contributed by atoms with Crippen molar-refractivity contribution in [2.75, 3.05) is 11.1 Å². The lowest BCUT2D eigenvalue weighted by atomic mass is 10.1. The molecule has 0 bridgehead atoms. The molecule has 6 heteroatoms.